The van der Waals surface area contributed by atoms with Gasteiger partial charge in [-0.15, -0.1) is 0 Å². The van der Waals surface area contributed by atoms with E-state index >= 15 is 0 Å². The molecule has 1 aliphatic heterocycles. The lowest BCUT2D eigenvalue weighted by atomic mass is 9.95. The fourth-order valence-electron chi connectivity index (χ4n) is 3.99. The Kier molecular flexibility index (Phi) is 6.70. The van der Waals surface area contributed by atoms with Crippen LogP contribution in [0.4, 0.5) is 5.69 Å². The number of allylic oxidation sites excluding steroid dienone is 1. The number of hydrogen-bond donors (Lipinski definition) is 0. The summed E-state index contributed by atoms with van der Waals surface area (Å²) in [6, 6.07) is 14.7. The number of carbonyl (C=O) groups is 1. The van der Waals surface area contributed by atoms with Gasteiger partial charge in [0.05, 0.1) is 35.6 Å². The van der Waals surface area contributed by atoms with Crippen molar-refractivity contribution in [3.63, 3.8) is 0 Å². The topological polar surface area (TPSA) is 73.1 Å². The van der Waals surface area contributed by atoms with Crippen LogP contribution in [-0.4, -0.2) is 38.3 Å². The molecule has 1 aliphatic rings. The van der Waals surface area contributed by atoms with Crippen LogP contribution < -0.4 is 24.5 Å². The van der Waals surface area contributed by atoms with Gasteiger partial charge in [-0.25, -0.2) is 9.79 Å². The van der Waals surface area contributed by atoms with Crippen molar-refractivity contribution >= 4 is 29.1 Å². The average molecular weight is 478 g/mol. The zero-order chi connectivity index (χ0) is 24.4. The second-order valence-electron chi connectivity index (χ2n) is 8.03. The number of rotatable bonds is 6. The molecule has 0 spiro atoms. The molecule has 176 valence electrons. The Morgan fingerprint density at radius 2 is 1.88 bits per heavy atom. The van der Waals surface area contributed by atoms with Gasteiger partial charge in [0.15, 0.2) is 4.80 Å². The third-order valence-electron chi connectivity index (χ3n) is 5.67. The first-order valence-electron chi connectivity index (χ1n) is 11.0. The fraction of sp³-hybridized carbons (Fsp3) is 0.269. The molecule has 0 saturated heterocycles. The number of nitrogens with zero attached hydrogens (tertiary/aromatic N) is 3. The Morgan fingerprint density at radius 3 is 2.53 bits per heavy atom. The van der Waals surface area contributed by atoms with Crippen LogP contribution in [0.1, 0.15) is 31.0 Å². The van der Waals surface area contributed by atoms with Crippen LogP contribution in [0.2, 0.25) is 0 Å². The Balaban J connectivity index is 1.95. The second kappa shape index (κ2) is 9.69. The van der Waals surface area contributed by atoms with Crippen molar-refractivity contribution in [2.75, 3.05) is 32.7 Å². The quantitative estimate of drug-likeness (QED) is 0.511. The van der Waals surface area contributed by atoms with E-state index in [1.54, 1.807) is 31.6 Å². The van der Waals surface area contributed by atoms with Crippen molar-refractivity contribution in [3.05, 3.63) is 90.6 Å². The predicted molar refractivity (Wildman–Crippen MR) is 134 cm³/mol. The van der Waals surface area contributed by atoms with E-state index in [2.05, 4.69) is 4.99 Å². The van der Waals surface area contributed by atoms with Crippen LogP contribution in [0, 0.1) is 0 Å². The maximum absolute atomic E-state index is 13.7. The number of hydrogen-bond acceptors (Lipinski definition) is 7. The minimum absolute atomic E-state index is 0.217. The van der Waals surface area contributed by atoms with Gasteiger partial charge in [-0.05, 0) is 43.7 Å². The zero-order valence-electron chi connectivity index (χ0n) is 19.9. The molecule has 7 nitrogen and oxygen atoms in total. The molecule has 0 bridgehead atoms. The van der Waals surface area contributed by atoms with E-state index < -0.39 is 12.0 Å². The van der Waals surface area contributed by atoms with Crippen LogP contribution in [0.25, 0.3) is 6.08 Å². The molecule has 4 rings (SSSR count). The Hall–Kier alpha value is -3.65. The lowest BCUT2D eigenvalue weighted by Crippen LogP contribution is -2.39. The molecular formula is C26H27N3O4S. The number of anilines is 1. The molecule has 2 aromatic carbocycles. The summed E-state index contributed by atoms with van der Waals surface area (Å²) in [7, 11) is 5.52. The number of benzene rings is 2. The number of carbonyl (C=O) groups excluding carboxylic acids is 1. The highest BCUT2D eigenvalue weighted by Crippen LogP contribution is 2.31. The van der Waals surface area contributed by atoms with Gasteiger partial charge in [0.2, 0.25) is 0 Å². The van der Waals surface area contributed by atoms with Crippen molar-refractivity contribution in [2.45, 2.75) is 19.9 Å². The third kappa shape index (κ3) is 4.28. The van der Waals surface area contributed by atoms with Crippen LogP contribution in [0.3, 0.4) is 0 Å². The maximum Gasteiger partial charge on any atom is 0.338 e. The molecular weight excluding hydrogens is 450 g/mol. The number of esters is 1. The molecule has 0 N–H and O–H groups in total. The van der Waals surface area contributed by atoms with Gasteiger partial charge >= 0.3 is 5.97 Å². The van der Waals surface area contributed by atoms with Crippen LogP contribution >= 0.6 is 11.3 Å². The molecule has 0 aliphatic carbocycles. The fourth-order valence-corrected chi connectivity index (χ4v) is 5.03. The number of para-hydroxylation sites is 1. The van der Waals surface area contributed by atoms with E-state index in [-0.39, 0.29) is 12.2 Å². The van der Waals surface area contributed by atoms with Crippen molar-refractivity contribution in [1.82, 2.24) is 4.57 Å². The van der Waals surface area contributed by atoms with E-state index in [0.717, 1.165) is 16.8 Å². The molecule has 0 radical (unpaired) electrons. The molecule has 3 aromatic rings. The molecule has 0 saturated carbocycles. The van der Waals surface area contributed by atoms with E-state index in [0.29, 0.717) is 26.4 Å². The average Bonchev–Trinajstić information content (AvgIpc) is 3.13. The minimum Gasteiger partial charge on any atom is -0.496 e. The first-order valence-corrected chi connectivity index (χ1v) is 11.8. The van der Waals surface area contributed by atoms with Gasteiger partial charge in [-0.2, -0.15) is 0 Å². The van der Waals surface area contributed by atoms with Crippen LogP contribution in [-0.2, 0) is 9.53 Å². The SMILES string of the molecule is CCOC(=O)C1=C(C)N=c2s/c(=C\c3ccccc3OC)c(=O)n2[C@H]1c1ccc(N(C)C)cc1. The standard InChI is InChI=1S/C26H27N3O4S/c1-6-33-25(31)22-16(2)27-26-29(23(22)17-11-13-19(14-12-17)28(3)4)24(30)21(34-26)15-18-9-7-8-10-20(18)32-5/h7-15,23H,6H2,1-5H3/b21-15-/t23-/m0/s1. The molecule has 1 aromatic heterocycles. The lowest BCUT2D eigenvalue weighted by Gasteiger charge is -2.25. The maximum atomic E-state index is 13.7. The summed E-state index contributed by atoms with van der Waals surface area (Å²) in [6.07, 6.45) is 1.80. The van der Waals surface area contributed by atoms with E-state index in [4.69, 9.17) is 9.47 Å². The first-order chi connectivity index (χ1) is 16.3. The molecule has 0 amide bonds. The Morgan fingerprint density at radius 1 is 1.18 bits per heavy atom. The zero-order valence-corrected chi connectivity index (χ0v) is 20.7. The van der Waals surface area contributed by atoms with Gasteiger partial charge in [-0.3, -0.25) is 9.36 Å². The van der Waals surface area contributed by atoms with E-state index in [1.165, 1.54) is 11.3 Å². The van der Waals surface area contributed by atoms with Gasteiger partial charge in [0.25, 0.3) is 5.56 Å². The van der Waals surface area contributed by atoms with Gasteiger partial charge in [0.1, 0.15) is 5.75 Å². The minimum atomic E-state index is -0.633. The summed E-state index contributed by atoms with van der Waals surface area (Å²) in [4.78, 5) is 33.8. The smallest absolute Gasteiger partial charge is 0.338 e. The third-order valence-corrected chi connectivity index (χ3v) is 6.65. The monoisotopic (exact) mass is 477 g/mol. The highest BCUT2D eigenvalue weighted by atomic mass is 32.1. The summed E-state index contributed by atoms with van der Waals surface area (Å²) in [6.45, 7) is 3.78. The van der Waals surface area contributed by atoms with Crippen LogP contribution in [0.5, 0.6) is 5.75 Å². The van der Waals surface area contributed by atoms with E-state index in [1.807, 2.05) is 67.5 Å². The molecule has 34 heavy (non-hydrogen) atoms. The number of methoxy groups -OCH3 is 1. The van der Waals surface area contributed by atoms with E-state index in [9.17, 15) is 9.59 Å². The summed E-state index contributed by atoms with van der Waals surface area (Å²) in [5.74, 6) is 0.206. The summed E-state index contributed by atoms with van der Waals surface area (Å²) >= 11 is 1.29. The van der Waals surface area contributed by atoms with Crippen molar-refractivity contribution < 1.29 is 14.3 Å². The Labute approximate surface area is 201 Å². The Bertz CT molecular complexity index is 1430. The van der Waals surface area contributed by atoms with Gasteiger partial charge in [-0.1, -0.05) is 41.7 Å². The predicted octanol–water partition coefficient (Wildman–Crippen LogP) is 2.87. The largest absolute Gasteiger partial charge is 0.496 e. The molecule has 0 fully saturated rings. The number of ether oxygens (including phenoxy) is 2. The molecule has 8 heteroatoms. The van der Waals surface area contributed by atoms with Crippen molar-refractivity contribution in [3.8, 4) is 5.75 Å². The highest BCUT2D eigenvalue weighted by Gasteiger charge is 2.33. The van der Waals surface area contributed by atoms with Gasteiger partial charge < -0.3 is 14.4 Å². The summed E-state index contributed by atoms with van der Waals surface area (Å²) in [5, 5.41) is 0. The summed E-state index contributed by atoms with van der Waals surface area (Å²) in [5.41, 5.74) is 3.33. The lowest BCUT2D eigenvalue weighted by molar-refractivity contribution is -0.139. The number of fused-ring (bicyclic) bond motifs is 1. The molecule has 0 unspecified atom stereocenters. The summed E-state index contributed by atoms with van der Waals surface area (Å²) < 4.78 is 12.9. The van der Waals surface area contributed by atoms with Crippen molar-refractivity contribution in [1.29, 1.82) is 0 Å². The highest BCUT2D eigenvalue weighted by molar-refractivity contribution is 7.07. The van der Waals surface area contributed by atoms with Crippen LogP contribution in [0.15, 0.2) is 69.6 Å². The van der Waals surface area contributed by atoms with Crippen molar-refractivity contribution in [2.24, 2.45) is 4.99 Å². The first kappa shape index (κ1) is 23.5. The second-order valence-corrected chi connectivity index (χ2v) is 9.04. The molecule has 2 heterocycles. The van der Waals surface area contributed by atoms with Gasteiger partial charge in [0, 0.05) is 25.3 Å². The number of thiazole rings is 1. The normalized spacial score (nSPS) is 15.6. The molecule has 1 atom stereocenters. The number of aromatic nitrogens is 1.